The van der Waals surface area contributed by atoms with Crippen molar-refractivity contribution in [1.82, 2.24) is 15.4 Å². The summed E-state index contributed by atoms with van der Waals surface area (Å²) in [4.78, 5) is 4.45. The molecule has 8 heteroatoms. The molecule has 1 aromatic rings. The number of guanidine groups is 1. The molecular formula is C17H26N4O3S. The summed E-state index contributed by atoms with van der Waals surface area (Å²) in [5.74, 6) is 0.775. The second-order valence-corrected chi connectivity index (χ2v) is 8.24. The Morgan fingerprint density at radius 2 is 2.00 bits per heavy atom. The average molecular weight is 366 g/mol. The molecule has 0 spiro atoms. The highest BCUT2D eigenvalue weighted by atomic mass is 32.2. The zero-order valence-electron chi connectivity index (χ0n) is 14.5. The van der Waals surface area contributed by atoms with Crippen molar-refractivity contribution in [2.24, 2.45) is 4.99 Å². The Balaban J connectivity index is 1.51. The summed E-state index contributed by atoms with van der Waals surface area (Å²) >= 11 is 0. The maximum absolute atomic E-state index is 12.3. The van der Waals surface area contributed by atoms with Gasteiger partial charge in [-0.1, -0.05) is 12.1 Å². The van der Waals surface area contributed by atoms with Crippen LogP contribution in [0.2, 0.25) is 0 Å². The third kappa shape index (κ3) is 5.42. The van der Waals surface area contributed by atoms with E-state index in [0.717, 1.165) is 24.4 Å². The van der Waals surface area contributed by atoms with E-state index in [-0.39, 0.29) is 11.0 Å². The van der Waals surface area contributed by atoms with Gasteiger partial charge in [-0.25, -0.2) is 13.1 Å². The van der Waals surface area contributed by atoms with Gasteiger partial charge in [-0.05, 0) is 43.4 Å². The number of nitrogens with one attached hydrogen (secondary N) is 3. The topological polar surface area (TPSA) is 91.8 Å². The number of sulfonamides is 1. The Kier molecular flexibility index (Phi) is 5.93. The number of rotatable bonds is 7. The van der Waals surface area contributed by atoms with Crippen LogP contribution in [-0.4, -0.2) is 46.7 Å². The molecule has 2 aliphatic rings. The van der Waals surface area contributed by atoms with Crippen LogP contribution in [0.1, 0.15) is 31.2 Å². The highest BCUT2D eigenvalue weighted by Crippen LogP contribution is 2.18. The van der Waals surface area contributed by atoms with E-state index in [1.165, 1.54) is 12.8 Å². The summed E-state index contributed by atoms with van der Waals surface area (Å²) in [5.41, 5.74) is 0.997. The van der Waals surface area contributed by atoms with Crippen molar-refractivity contribution in [1.29, 1.82) is 0 Å². The van der Waals surface area contributed by atoms with E-state index in [0.29, 0.717) is 25.7 Å². The van der Waals surface area contributed by atoms with Gasteiger partial charge >= 0.3 is 0 Å². The molecule has 2 fully saturated rings. The van der Waals surface area contributed by atoms with Gasteiger partial charge in [-0.15, -0.1) is 0 Å². The maximum Gasteiger partial charge on any atom is 0.240 e. The zero-order valence-corrected chi connectivity index (χ0v) is 15.3. The second kappa shape index (κ2) is 8.16. The molecule has 1 saturated carbocycles. The van der Waals surface area contributed by atoms with Crippen LogP contribution in [0.15, 0.2) is 34.2 Å². The van der Waals surface area contributed by atoms with Crippen LogP contribution in [-0.2, 0) is 21.3 Å². The molecule has 7 nitrogen and oxygen atoms in total. The van der Waals surface area contributed by atoms with Crippen LogP contribution >= 0.6 is 0 Å². The summed E-state index contributed by atoms with van der Waals surface area (Å²) in [6, 6.07) is 7.43. The lowest BCUT2D eigenvalue weighted by molar-refractivity contribution is 0.114. The van der Waals surface area contributed by atoms with Gasteiger partial charge in [0.1, 0.15) is 0 Å². The van der Waals surface area contributed by atoms with Crippen LogP contribution in [0.3, 0.4) is 0 Å². The maximum atomic E-state index is 12.3. The number of hydrogen-bond acceptors (Lipinski definition) is 4. The van der Waals surface area contributed by atoms with E-state index in [1.807, 2.05) is 12.1 Å². The summed E-state index contributed by atoms with van der Waals surface area (Å²) < 4.78 is 32.7. The molecule has 1 aliphatic carbocycles. The van der Waals surface area contributed by atoms with Gasteiger partial charge in [-0.2, -0.15) is 0 Å². The van der Waals surface area contributed by atoms with E-state index in [2.05, 4.69) is 20.3 Å². The predicted octanol–water partition coefficient (Wildman–Crippen LogP) is 0.971. The van der Waals surface area contributed by atoms with Crippen molar-refractivity contribution in [3.05, 3.63) is 29.8 Å². The minimum Gasteiger partial charge on any atom is -0.377 e. The Morgan fingerprint density at radius 1 is 1.24 bits per heavy atom. The van der Waals surface area contributed by atoms with E-state index in [4.69, 9.17) is 4.74 Å². The molecule has 138 valence electrons. The number of aliphatic imine (C=N–C) groups is 1. The van der Waals surface area contributed by atoms with Crippen molar-refractivity contribution in [3.63, 3.8) is 0 Å². The summed E-state index contributed by atoms with van der Waals surface area (Å²) in [6.45, 7) is 1.64. The molecule has 1 unspecified atom stereocenters. The Bertz CT molecular complexity index is 693. The minimum atomic E-state index is -3.49. The average Bonchev–Trinajstić information content (AvgIpc) is 3.28. The molecular weight excluding hydrogens is 340 g/mol. The molecule has 0 radical (unpaired) electrons. The molecule has 1 aromatic carbocycles. The van der Waals surface area contributed by atoms with Crippen LogP contribution in [0.25, 0.3) is 0 Å². The van der Waals surface area contributed by atoms with Gasteiger partial charge in [0, 0.05) is 32.8 Å². The SMILES string of the molecule is CN=C(NCc1ccc(S(=O)(=O)NCC2CCCO2)cc1)NC1CC1. The fourth-order valence-corrected chi connectivity index (χ4v) is 3.75. The first-order chi connectivity index (χ1) is 12.1. The molecule has 0 bridgehead atoms. The molecule has 1 atom stereocenters. The van der Waals surface area contributed by atoms with Gasteiger partial charge in [0.25, 0.3) is 0 Å². The minimum absolute atomic E-state index is 0.0102. The molecule has 0 amide bonds. The number of ether oxygens (including phenoxy) is 1. The lowest BCUT2D eigenvalue weighted by Crippen LogP contribution is -2.38. The normalized spacial score (nSPS) is 21.3. The first kappa shape index (κ1) is 18.2. The van der Waals surface area contributed by atoms with Crippen molar-refractivity contribution in [3.8, 4) is 0 Å². The molecule has 1 heterocycles. The van der Waals surface area contributed by atoms with Gasteiger partial charge < -0.3 is 15.4 Å². The van der Waals surface area contributed by atoms with Crippen LogP contribution in [0.4, 0.5) is 0 Å². The molecule has 3 N–H and O–H groups in total. The van der Waals surface area contributed by atoms with E-state index in [1.54, 1.807) is 19.2 Å². The van der Waals surface area contributed by atoms with E-state index in [9.17, 15) is 8.42 Å². The first-order valence-corrected chi connectivity index (χ1v) is 10.2. The van der Waals surface area contributed by atoms with Crippen LogP contribution < -0.4 is 15.4 Å². The molecule has 1 saturated heterocycles. The van der Waals surface area contributed by atoms with Gasteiger partial charge in [0.2, 0.25) is 10.0 Å². The van der Waals surface area contributed by atoms with Gasteiger partial charge in [0.05, 0.1) is 11.0 Å². The summed E-state index contributed by atoms with van der Waals surface area (Å²) in [7, 11) is -1.75. The quantitative estimate of drug-likeness (QED) is 0.494. The van der Waals surface area contributed by atoms with Crippen molar-refractivity contribution in [2.75, 3.05) is 20.2 Å². The Hall–Kier alpha value is -1.64. The third-order valence-corrected chi connectivity index (χ3v) is 5.80. The van der Waals surface area contributed by atoms with Crippen molar-refractivity contribution >= 4 is 16.0 Å². The van der Waals surface area contributed by atoms with Crippen molar-refractivity contribution < 1.29 is 13.2 Å². The summed E-state index contributed by atoms with van der Waals surface area (Å²) in [6.07, 6.45) is 4.26. The molecule has 3 rings (SSSR count). The zero-order chi connectivity index (χ0) is 17.7. The monoisotopic (exact) mass is 366 g/mol. The van der Waals surface area contributed by atoms with Crippen LogP contribution in [0, 0.1) is 0 Å². The van der Waals surface area contributed by atoms with Crippen LogP contribution in [0.5, 0.6) is 0 Å². The molecule has 1 aliphatic heterocycles. The lowest BCUT2D eigenvalue weighted by Gasteiger charge is -2.13. The highest BCUT2D eigenvalue weighted by Gasteiger charge is 2.22. The third-order valence-electron chi connectivity index (χ3n) is 4.36. The predicted molar refractivity (Wildman–Crippen MR) is 97.0 cm³/mol. The Labute approximate surface area is 149 Å². The number of hydrogen-bond donors (Lipinski definition) is 3. The van der Waals surface area contributed by atoms with Gasteiger partial charge in [-0.3, -0.25) is 4.99 Å². The van der Waals surface area contributed by atoms with Crippen molar-refractivity contribution in [2.45, 2.75) is 49.3 Å². The Morgan fingerprint density at radius 3 is 2.60 bits per heavy atom. The van der Waals surface area contributed by atoms with E-state index < -0.39 is 10.0 Å². The number of nitrogens with zero attached hydrogens (tertiary/aromatic N) is 1. The molecule has 0 aromatic heterocycles. The molecule has 25 heavy (non-hydrogen) atoms. The smallest absolute Gasteiger partial charge is 0.240 e. The fraction of sp³-hybridized carbons (Fsp3) is 0.588. The largest absolute Gasteiger partial charge is 0.377 e. The standard InChI is InChI=1S/C17H26N4O3S/c1-18-17(21-14-6-7-14)19-11-13-4-8-16(9-5-13)25(22,23)20-12-15-3-2-10-24-15/h4-5,8-9,14-15,20H,2-3,6-7,10-12H2,1H3,(H2,18,19,21). The first-order valence-electron chi connectivity index (χ1n) is 8.74. The fourth-order valence-electron chi connectivity index (χ4n) is 2.68. The highest BCUT2D eigenvalue weighted by molar-refractivity contribution is 7.89. The second-order valence-electron chi connectivity index (χ2n) is 6.48. The summed E-state index contributed by atoms with van der Waals surface area (Å²) in [5, 5.41) is 6.55. The lowest BCUT2D eigenvalue weighted by atomic mass is 10.2. The van der Waals surface area contributed by atoms with E-state index >= 15 is 0 Å². The van der Waals surface area contributed by atoms with Gasteiger partial charge in [0.15, 0.2) is 5.96 Å². The number of benzene rings is 1.